The van der Waals surface area contributed by atoms with Gasteiger partial charge in [-0.1, -0.05) is 70.4 Å². The van der Waals surface area contributed by atoms with Gasteiger partial charge in [-0.05, 0) is 32.1 Å². The zero-order chi connectivity index (χ0) is 24.5. The second kappa shape index (κ2) is 24.6. The van der Waals surface area contributed by atoms with Gasteiger partial charge in [-0.25, -0.2) is 4.90 Å². The summed E-state index contributed by atoms with van der Waals surface area (Å²) in [6.07, 6.45) is 21.2. The van der Waals surface area contributed by atoms with Crippen LogP contribution in [0.5, 0.6) is 0 Å². The van der Waals surface area contributed by atoms with Crippen LogP contribution in [0.1, 0.15) is 96.8 Å². The van der Waals surface area contributed by atoms with Gasteiger partial charge in [-0.15, -0.1) is 0 Å². The van der Waals surface area contributed by atoms with E-state index in [0.717, 1.165) is 17.7 Å². The van der Waals surface area contributed by atoms with Crippen molar-refractivity contribution in [1.29, 1.82) is 0 Å². The molecule has 0 fully saturated rings. The van der Waals surface area contributed by atoms with Gasteiger partial charge in [0, 0.05) is 19.5 Å². The zero-order valence-electron chi connectivity index (χ0n) is 20.1. The first-order valence-electron chi connectivity index (χ1n) is 12.2. The fraction of sp³-hybridized carbons (Fsp3) is 0.875. The molecule has 0 aliphatic carbocycles. The SMILES string of the molecule is CCCCCCCC/C=C\CCCCCCCC(=O)O.OCCN(CCO)C(O)(O)CO. The van der Waals surface area contributed by atoms with E-state index >= 15 is 0 Å². The maximum Gasteiger partial charge on any atom is 0.303 e. The molecule has 0 spiro atoms. The molecule has 0 saturated carbocycles. The molecule has 0 heterocycles. The number of allylic oxidation sites excluding steroid dienone is 2. The number of nitrogens with zero attached hydrogens (tertiary/aromatic N) is 1. The smallest absolute Gasteiger partial charge is 0.303 e. The number of hydrogen-bond donors (Lipinski definition) is 6. The largest absolute Gasteiger partial charge is 0.481 e. The van der Waals surface area contributed by atoms with Crippen LogP contribution in [0.15, 0.2) is 12.2 Å². The lowest BCUT2D eigenvalue weighted by Crippen LogP contribution is -2.53. The van der Waals surface area contributed by atoms with Gasteiger partial charge in [-0.2, -0.15) is 0 Å². The Morgan fingerprint density at radius 2 is 1.19 bits per heavy atom. The molecule has 0 amide bonds. The number of aliphatic hydroxyl groups is 5. The van der Waals surface area contributed by atoms with Gasteiger partial charge in [0.2, 0.25) is 5.91 Å². The minimum absolute atomic E-state index is 0.0197. The van der Waals surface area contributed by atoms with E-state index in [1.807, 2.05) is 0 Å². The summed E-state index contributed by atoms with van der Waals surface area (Å²) in [5, 5.41) is 52.1. The lowest BCUT2D eigenvalue weighted by Gasteiger charge is -2.32. The minimum Gasteiger partial charge on any atom is -0.481 e. The molecule has 0 bridgehead atoms. The molecule has 0 atom stereocenters. The highest BCUT2D eigenvalue weighted by molar-refractivity contribution is 5.66. The molecule has 0 unspecified atom stereocenters. The zero-order valence-corrected chi connectivity index (χ0v) is 20.1. The molecule has 0 aromatic carbocycles. The van der Waals surface area contributed by atoms with Crippen LogP contribution in [0.3, 0.4) is 0 Å². The van der Waals surface area contributed by atoms with Crippen LogP contribution in [0.25, 0.3) is 0 Å². The van der Waals surface area contributed by atoms with Crippen molar-refractivity contribution in [1.82, 2.24) is 4.90 Å². The highest BCUT2D eigenvalue weighted by Crippen LogP contribution is 2.10. The molecule has 192 valence electrons. The van der Waals surface area contributed by atoms with Crippen molar-refractivity contribution in [3.05, 3.63) is 12.2 Å². The molecule has 32 heavy (non-hydrogen) atoms. The molecule has 6 N–H and O–H groups in total. The van der Waals surface area contributed by atoms with Crippen LogP contribution in [0.2, 0.25) is 0 Å². The highest BCUT2D eigenvalue weighted by atomic mass is 16.5. The first-order valence-corrected chi connectivity index (χ1v) is 12.2. The summed E-state index contributed by atoms with van der Waals surface area (Å²) in [5.41, 5.74) is 0. The third kappa shape index (κ3) is 23.6. The third-order valence-electron chi connectivity index (χ3n) is 5.11. The topological polar surface area (TPSA) is 142 Å². The summed E-state index contributed by atoms with van der Waals surface area (Å²) in [4.78, 5) is 11.3. The molecule has 0 aliphatic rings. The van der Waals surface area contributed by atoms with Crippen molar-refractivity contribution in [3.8, 4) is 0 Å². The second-order valence-electron chi connectivity index (χ2n) is 8.09. The Morgan fingerprint density at radius 3 is 1.59 bits per heavy atom. The van der Waals surface area contributed by atoms with Crippen molar-refractivity contribution in [3.63, 3.8) is 0 Å². The van der Waals surface area contributed by atoms with Crippen LogP contribution in [-0.2, 0) is 4.79 Å². The average molecular weight is 464 g/mol. The van der Waals surface area contributed by atoms with Gasteiger partial charge in [0.25, 0.3) is 0 Å². The number of carboxylic acids is 1. The number of carboxylic acid groups (broad SMARTS) is 1. The van der Waals surface area contributed by atoms with Crippen LogP contribution in [-0.4, -0.2) is 80.3 Å². The molecule has 0 radical (unpaired) electrons. The maximum absolute atomic E-state index is 10.3. The van der Waals surface area contributed by atoms with Crippen molar-refractivity contribution in [2.24, 2.45) is 0 Å². The Morgan fingerprint density at radius 1 is 0.750 bits per heavy atom. The van der Waals surface area contributed by atoms with Crippen LogP contribution in [0, 0.1) is 0 Å². The predicted molar refractivity (Wildman–Crippen MR) is 127 cm³/mol. The lowest BCUT2D eigenvalue weighted by atomic mass is 10.1. The molecular weight excluding hydrogens is 414 g/mol. The molecule has 0 aromatic heterocycles. The van der Waals surface area contributed by atoms with E-state index in [0.29, 0.717) is 6.42 Å². The van der Waals surface area contributed by atoms with Crippen molar-refractivity contribution in [2.45, 2.75) is 103 Å². The quantitative estimate of drug-likeness (QED) is 0.0866. The Balaban J connectivity index is 0. The monoisotopic (exact) mass is 463 g/mol. The van der Waals surface area contributed by atoms with Crippen LogP contribution in [0.4, 0.5) is 0 Å². The molecule has 0 rings (SSSR count). The van der Waals surface area contributed by atoms with Gasteiger partial charge < -0.3 is 30.6 Å². The number of aliphatic carboxylic acids is 1. The van der Waals surface area contributed by atoms with Gasteiger partial charge in [0.1, 0.15) is 6.61 Å². The Hall–Kier alpha value is -1.03. The van der Waals surface area contributed by atoms with E-state index in [1.54, 1.807) is 0 Å². The Labute approximate surface area is 194 Å². The van der Waals surface area contributed by atoms with E-state index in [9.17, 15) is 4.79 Å². The van der Waals surface area contributed by atoms with Crippen molar-refractivity contribution in [2.75, 3.05) is 32.9 Å². The minimum atomic E-state index is -2.37. The standard InChI is InChI=1S/C18H34O2.C6H15NO5/c1-2-3-4-5-6-7-8-9-10-11-12-13-14-15-16-17-18(19)20;8-3-1-7(2-4-9)6(11,12)5-10/h9-10H,2-8,11-17H2,1H3,(H,19,20);8-12H,1-5H2/b10-9-;. The normalized spacial score (nSPS) is 11.7. The first kappa shape index (κ1) is 33.1. The fourth-order valence-electron chi connectivity index (χ4n) is 3.16. The summed E-state index contributed by atoms with van der Waals surface area (Å²) < 4.78 is 0. The molecule has 8 heteroatoms. The first-order chi connectivity index (χ1) is 15.4. The van der Waals surface area contributed by atoms with Crippen LogP contribution >= 0.6 is 0 Å². The molecule has 8 nitrogen and oxygen atoms in total. The van der Waals surface area contributed by atoms with Gasteiger partial charge in [0.15, 0.2) is 0 Å². The van der Waals surface area contributed by atoms with E-state index < -0.39 is 18.5 Å². The summed E-state index contributed by atoms with van der Waals surface area (Å²) in [5.74, 6) is -3.03. The summed E-state index contributed by atoms with van der Waals surface area (Å²) in [6.45, 7) is 0.801. The number of unbranched alkanes of at least 4 members (excludes halogenated alkanes) is 11. The summed E-state index contributed by atoms with van der Waals surface area (Å²) >= 11 is 0. The van der Waals surface area contributed by atoms with Gasteiger partial charge >= 0.3 is 5.97 Å². The Bertz CT molecular complexity index is 425. The van der Waals surface area contributed by atoms with Crippen molar-refractivity contribution >= 4 is 5.97 Å². The van der Waals surface area contributed by atoms with Gasteiger partial charge in [0.05, 0.1) is 13.2 Å². The van der Waals surface area contributed by atoms with E-state index in [2.05, 4.69) is 19.1 Å². The predicted octanol–water partition coefficient (Wildman–Crippen LogP) is 3.01. The van der Waals surface area contributed by atoms with E-state index in [1.165, 1.54) is 70.6 Å². The molecular formula is C24H49NO7. The Kier molecular flexibility index (Phi) is 25.5. The highest BCUT2D eigenvalue weighted by Gasteiger charge is 2.29. The number of carbonyl (C=O) groups is 1. The summed E-state index contributed by atoms with van der Waals surface area (Å²) in [7, 11) is 0. The number of hydrogen-bond acceptors (Lipinski definition) is 7. The molecule has 0 aliphatic heterocycles. The summed E-state index contributed by atoms with van der Waals surface area (Å²) in [6, 6.07) is 0. The lowest BCUT2D eigenvalue weighted by molar-refractivity contribution is -0.283. The van der Waals surface area contributed by atoms with Crippen LogP contribution < -0.4 is 0 Å². The number of aliphatic hydroxyl groups excluding tert-OH is 3. The van der Waals surface area contributed by atoms with E-state index in [4.69, 9.17) is 30.6 Å². The fourth-order valence-corrected chi connectivity index (χ4v) is 3.16. The van der Waals surface area contributed by atoms with Crippen molar-refractivity contribution < 1.29 is 35.4 Å². The maximum atomic E-state index is 10.3. The van der Waals surface area contributed by atoms with Gasteiger partial charge in [-0.3, -0.25) is 4.79 Å². The molecule has 0 aromatic rings. The second-order valence-corrected chi connectivity index (χ2v) is 8.09. The number of rotatable bonds is 21. The third-order valence-corrected chi connectivity index (χ3v) is 5.11. The van der Waals surface area contributed by atoms with E-state index in [-0.39, 0.29) is 26.3 Å². The average Bonchev–Trinajstić information content (AvgIpc) is 2.76. The molecule has 0 saturated heterocycles.